The Bertz CT molecular complexity index is 1060. The van der Waals surface area contributed by atoms with Gasteiger partial charge in [0.2, 0.25) is 21.8 Å². The van der Waals surface area contributed by atoms with Gasteiger partial charge in [-0.15, -0.1) is 0 Å². The molecule has 0 spiro atoms. The van der Waals surface area contributed by atoms with Crippen molar-refractivity contribution in [2.75, 3.05) is 23.7 Å². The first-order valence-electron chi connectivity index (χ1n) is 12.9. The van der Waals surface area contributed by atoms with Gasteiger partial charge in [-0.3, -0.25) is 13.9 Å². The van der Waals surface area contributed by atoms with Crippen molar-refractivity contribution in [3.05, 3.63) is 65.7 Å². The van der Waals surface area contributed by atoms with Crippen LogP contribution in [0.3, 0.4) is 0 Å². The Morgan fingerprint density at radius 2 is 1.58 bits per heavy atom. The Hall–Kier alpha value is -2.87. The number of sulfonamides is 1. The predicted molar refractivity (Wildman–Crippen MR) is 146 cm³/mol. The Labute approximate surface area is 216 Å². The third-order valence-corrected chi connectivity index (χ3v) is 7.39. The minimum atomic E-state index is -3.51. The van der Waals surface area contributed by atoms with Crippen molar-refractivity contribution in [3.63, 3.8) is 0 Å². The lowest BCUT2D eigenvalue weighted by atomic mass is 10.1. The molecule has 1 atom stereocenters. The summed E-state index contributed by atoms with van der Waals surface area (Å²) in [7, 11) is -3.51. The molecule has 0 aliphatic rings. The molecule has 0 heterocycles. The molecule has 2 rings (SSSR count). The first-order chi connectivity index (χ1) is 17.2. The maximum absolute atomic E-state index is 13.4. The van der Waals surface area contributed by atoms with Crippen molar-refractivity contribution >= 4 is 27.5 Å². The Kier molecular flexibility index (Phi) is 11.9. The van der Waals surface area contributed by atoms with Gasteiger partial charge in [-0.05, 0) is 48.9 Å². The van der Waals surface area contributed by atoms with Crippen molar-refractivity contribution in [2.45, 2.75) is 71.9 Å². The van der Waals surface area contributed by atoms with Crippen LogP contribution in [-0.4, -0.2) is 50.5 Å². The molecule has 0 unspecified atom stereocenters. The van der Waals surface area contributed by atoms with Gasteiger partial charge >= 0.3 is 0 Å². The number of nitrogens with zero attached hydrogens (tertiary/aromatic N) is 2. The lowest BCUT2D eigenvalue weighted by Gasteiger charge is -2.31. The fourth-order valence-electron chi connectivity index (χ4n) is 4.11. The number of unbranched alkanes of at least 4 members (excludes halogenated alkanes) is 1. The molecule has 198 valence electrons. The second kappa shape index (κ2) is 14.6. The average molecular weight is 516 g/mol. The summed E-state index contributed by atoms with van der Waals surface area (Å²) in [5.74, 6) is -0.310. The number of amides is 2. The van der Waals surface area contributed by atoms with Crippen LogP contribution in [0, 0.1) is 0 Å². The third-order valence-electron chi connectivity index (χ3n) is 6.20. The van der Waals surface area contributed by atoms with Gasteiger partial charge in [0.05, 0.1) is 11.9 Å². The summed E-state index contributed by atoms with van der Waals surface area (Å²) < 4.78 is 26.3. The molecule has 2 amide bonds. The molecule has 0 aromatic heterocycles. The van der Waals surface area contributed by atoms with E-state index in [1.165, 1.54) is 10.6 Å². The van der Waals surface area contributed by atoms with Crippen LogP contribution >= 0.6 is 0 Å². The summed E-state index contributed by atoms with van der Waals surface area (Å²) >= 11 is 0. The van der Waals surface area contributed by atoms with Crippen LogP contribution in [0.1, 0.15) is 64.0 Å². The second-order valence-corrected chi connectivity index (χ2v) is 10.9. The summed E-state index contributed by atoms with van der Waals surface area (Å²) in [6.45, 7) is 7.11. The normalized spacial score (nSPS) is 12.1. The standard InChI is InChI=1S/C28H41N3O4S/c1-5-8-20-29-28(33)26(7-3)30(22-24-13-10-9-11-14-24)27(32)15-12-21-31(36(4,34)35)25-18-16-23(6-2)17-19-25/h9-11,13-14,16-19,26H,5-8,12,15,20-22H2,1-4H3,(H,29,33)/t26-/m0/s1. The van der Waals surface area contributed by atoms with Crippen molar-refractivity contribution in [3.8, 4) is 0 Å². The van der Waals surface area contributed by atoms with Gasteiger partial charge < -0.3 is 10.2 Å². The average Bonchev–Trinajstić information content (AvgIpc) is 2.86. The summed E-state index contributed by atoms with van der Waals surface area (Å²) in [4.78, 5) is 28.0. The highest BCUT2D eigenvalue weighted by molar-refractivity contribution is 7.92. The van der Waals surface area contributed by atoms with E-state index in [0.717, 1.165) is 30.4 Å². The van der Waals surface area contributed by atoms with Gasteiger partial charge in [0.15, 0.2) is 0 Å². The fourth-order valence-corrected chi connectivity index (χ4v) is 5.07. The molecule has 0 saturated heterocycles. The molecule has 36 heavy (non-hydrogen) atoms. The van der Waals surface area contributed by atoms with E-state index >= 15 is 0 Å². The highest BCUT2D eigenvalue weighted by Crippen LogP contribution is 2.20. The SMILES string of the molecule is CCCCNC(=O)[C@H](CC)N(Cc1ccccc1)C(=O)CCCN(c1ccc(CC)cc1)S(C)(=O)=O. The molecule has 0 aliphatic heterocycles. The maximum atomic E-state index is 13.4. The molecule has 0 fully saturated rings. The first-order valence-corrected chi connectivity index (χ1v) is 14.7. The number of nitrogens with one attached hydrogen (secondary N) is 1. The number of hydrogen-bond acceptors (Lipinski definition) is 4. The van der Waals surface area contributed by atoms with Gasteiger partial charge in [-0.1, -0.05) is 69.7 Å². The molecular formula is C28H41N3O4S. The van der Waals surface area contributed by atoms with Crippen LogP contribution in [-0.2, 0) is 32.6 Å². The summed E-state index contributed by atoms with van der Waals surface area (Å²) in [6, 6.07) is 16.5. The van der Waals surface area contributed by atoms with Crippen LogP contribution in [0.15, 0.2) is 54.6 Å². The van der Waals surface area contributed by atoms with Gasteiger partial charge in [-0.2, -0.15) is 0 Å². The summed E-state index contributed by atoms with van der Waals surface area (Å²) in [5.41, 5.74) is 2.66. The second-order valence-electron chi connectivity index (χ2n) is 9.03. The molecular weight excluding hydrogens is 474 g/mol. The van der Waals surface area contributed by atoms with Crippen LogP contribution in [0.25, 0.3) is 0 Å². The van der Waals surface area contributed by atoms with Crippen LogP contribution in [0.2, 0.25) is 0 Å². The lowest BCUT2D eigenvalue weighted by molar-refractivity contribution is -0.141. The predicted octanol–water partition coefficient (Wildman–Crippen LogP) is 4.52. The number of carbonyl (C=O) groups is 2. The van der Waals surface area contributed by atoms with E-state index in [2.05, 4.69) is 12.2 Å². The Morgan fingerprint density at radius 3 is 2.14 bits per heavy atom. The number of anilines is 1. The summed E-state index contributed by atoms with van der Waals surface area (Å²) in [6.07, 6.45) is 4.89. The zero-order valence-electron chi connectivity index (χ0n) is 22.1. The van der Waals surface area contributed by atoms with Crippen molar-refractivity contribution in [1.29, 1.82) is 0 Å². The van der Waals surface area contributed by atoms with E-state index in [0.29, 0.717) is 31.6 Å². The molecule has 2 aromatic carbocycles. The fraction of sp³-hybridized carbons (Fsp3) is 0.500. The smallest absolute Gasteiger partial charge is 0.242 e. The number of hydrogen-bond donors (Lipinski definition) is 1. The zero-order valence-corrected chi connectivity index (χ0v) is 22.9. The first kappa shape index (κ1) is 29.4. The number of rotatable bonds is 15. The molecule has 0 radical (unpaired) electrons. The molecule has 8 heteroatoms. The molecule has 0 bridgehead atoms. The zero-order chi connectivity index (χ0) is 26.6. The quantitative estimate of drug-likeness (QED) is 0.353. The van der Waals surface area contributed by atoms with Gasteiger partial charge in [0, 0.05) is 26.1 Å². The van der Waals surface area contributed by atoms with E-state index < -0.39 is 16.1 Å². The maximum Gasteiger partial charge on any atom is 0.242 e. The monoisotopic (exact) mass is 515 g/mol. The number of aryl methyl sites for hydroxylation is 1. The van der Waals surface area contributed by atoms with Gasteiger partial charge in [-0.25, -0.2) is 8.42 Å². The van der Waals surface area contributed by atoms with Crippen molar-refractivity contribution in [1.82, 2.24) is 10.2 Å². The van der Waals surface area contributed by atoms with E-state index in [1.54, 1.807) is 17.0 Å². The Balaban J connectivity index is 2.15. The summed E-state index contributed by atoms with van der Waals surface area (Å²) in [5, 5.41) is 2.96. The molecule has 1 N–H and O–H groups in total. The molecule has 2 aromatic rings. The van der Waals surface area contributed by atoms with Crippen LogP contribution in [0.5, 0.6) is 0 Å². The van der Waals surface area contributed by atoms with Crippen molar-refractivity contribution < 1.29 is 18.0 Å². The minimum Gasteiger partial charge on any atom is -0.354 e. The lowest BCUT2D eigenvalue weighted by Crippen LogP contribution is -2.49. The number of benzene rings is 2. The Morgan fingerprint density at radius 1 is 0.917 bits per heavy atom. The molecule has 7 nitrogen and oxygen atoms in total. The van der Waals surface area contributed by atoms with Crippen molar-refractivity contribution in [2.24, 2.45) is 0 Å². The van der Waals surface area contributed by atoms with E-state index in [1.807, 2.05) is 56.3 Å². The third kappa shape index (κ3) is 8.97. The molecule has 0 aliphatic carbocycles. The van der Waals surface area contributed by atoms with E-state index in [9.17, 15) is 18.0 Å². The van der Waals surface area contributed by atoms with Crippen LogP contribution < -0.4 is 9.62 Å². The van der Waals surface area contributed by atoms with E-state index in [4.69, 9.17) is 0 Å². The number of carbonyl (C=O) groups excluding carboxylic acids is 2. The van der Waals surface area contributed by atoms with Crippen LogP contribution in [0.4, 0.5) is 5.69 Å². The van der Waals surface area contributed by atoms with Gasteiger partial charge in [0.1, 0.15) is 6.04 Å². The van der Waals surface area contributed by atoms with Gasteiger partial charge in [0.25, 0.3) is 0 Å². The highest BCUT2D eigenvalue weighted by atomic mass is 32.2. The van der Waals surface area contributed by atoms with E-state index in [-0.39, 0.29) is 24.8 Å². The highest BCUT2D eigenvalue weighted by Gasteiger charge is 2.28. The molecule has 0 saturated carbocycles. The topological polar surface area (TPSA) is 86.8 Å². The largest absolute Gasteiger partial charge is 0.354 e. The minimum absolute atomic E-state index is 0.143.